The number of unbranched alkanes of at least 4 members (excludes halogenated alkanes) is 12. The Morgan fingerprint density at radius 3 is 1.37 bits per heavy atom. The van der Waals surface area contributed by atoms with Crippen LogP contribution in [0.15, 0.2) is 23.3 Å². The van der Waals surface area contributed by atoms with Crippen molar-refractivity contribution >= 4 is 45.9 Å². The number of aryl methyl sites for hydroxylation is 3. The number of amides is 2. The lowest BCUT2D eigenvalue weighted by Crippen LogP contribution is -2.30. The van der Waals surface area contributed by atoms with Crippen molar-refractivity contribution in [3.63, 3.8) is 0 Å². The van der Waals surface area contributed by atoms with E-state index < -0.39 is 0 Å². The van der Waals surface area contributed by atoms with Crippen molar-refractivity contribution in [3.05, 3.63) is 53.9 Å². The van der Waals surface area contributed by atoms with Gasteiger partial charge in [-0.15, -0.1) is 22.7 Å². The van der Waals surface area contributed by atoms with Gasteiger partial charge in [-0.2, -0.15) is 0 Å². The zero-order valence-corrected chi connectivity index (χ0v) is 36.7. The van der Waals surface area contributed by atoms with Gasteiger partial charge in [-0.05, 0) is 73.6 Å². The highest BCUT2D eigenvalue weighted by Crippen LogP contribution is 2.50. The van der Waals surface area contributed by atoms with Crippen LogP contribution in [0.5, 0.6) is 0 Å². The van der Waals surface area contributed by atoms with Crippen LogP contribution >= 0.6 is 22.7 Å². The molecule has 0 saturated carbocycles. The Hall–Kier alpha value is -2.18. The van der Waals surface area contributed by atoms with E-state index in [4.69, 9.17) is 0 Å². The maximum absolute atomic E-state index is 14.9. The topological polar surface area (TPSA) is 40.6 Å². The Morgan fingerprint density at radius 2 is 0.942 bits per heavy atom. The molecule has 0 radical (unpaired) electrons. The fourth-order valence-electron chi connectivity index (χ4n) is 7.67. The minimum atomic E-state index is -0.00131. The fraction of sp³-hybridized carbons (Fsp3) is 0.696. The second-order valence-electron chi connectivity index (χ2n) is 15.7. The lowest BCUT2D eigenvalue weighted by Gasteiger charge is -2.24. The molecule has 2 aromatic heterocycles. The van der Waals surface area contributed by atoms with Crippen LogP contribution in [-0.4, -0.2) is 34.7 Å². The summed E-state index contributed by atoms with van der Waals surface area (Å²) in [5.74, 6) is 0.0779. The molecule has 0 aliphatic carbocycles. The average molecular weight is 751 g/mol. The molecule has 52 heavy (non-hydrogen) atoms. The fourth-order valence-corrected chi connectivity index (χ4v) is 10.2. The quantitative estimate of drug-likeness (QED) is 0.106. The minimum Gasteiger partial charge on any atom is -0.306 e. The van der Waals surface area contributed by atoms with Gasteiger partial charge in [0.1, 0.15) is 0 Å². The largest absolute Gasteiger partial charge is 0.306 e. The highest BCUT2D eigenvalue weighted by molar-refractivity contribution is 7.14. The molecule has 0 fully saturated rings. The van der Waals surface area contributed by atoms with Gasteiger partial charge in [0.05, 0.1) is 32.3 Å². The first-order valence-corrected chi connectivity index (χ1v) is 23.1. The summed E-state index contributed by atoms with van der Waals surface area (Å²) in [4.78, 5) is 38.8. The van der Waals surface area contributed by atoms with E-state index in [1.807, 2.05) is 46.3 Å². The molecule has 0 aromatic carbocycles. The molecule has 0 unspecified atom stereocenters. The molecule has 2 amide bonds. The van der Waals surface area contributed by atoms with E-state index in [2.05, 4.69) is 67.5 Å². The van der Waals surface area contributed by atoms with Crippen molar-refractivity contribution in [1.82, 2.24) is 9.80 Å². The second-order valence-corrected chi connectivity index (χ2v) is 17.9. The molecule has 4 rings (SSSR count). The number of carbonyl (C=O) groups is 2. The summed E-state index contributed by atoms with van der Waals surface area (Å²) in [6.45, 7) is 23.5. The van der Waals surface area contributed by atoms with E-state index in [0.717, 1.165) is 85.4 Å². The smallest absolute Gasteiger partial charge is 0.261 e. The van der Waals surface area contributed by atoms with Crippen molar-refractivity contribution in [3.8, 4) is 0 Å². The summed E-state index contributed by atoms with van der Waals surface area (Å²) < 4.78 is 0. The van der Waals surface area contributed by atoms with E-state index >= 15 is 0 Å². The normalized spacial score (nSPS) is 14.7. The van der Waals surface area contributed by atoms with E-state index in [-0.39, 0.29) is 17.2 Å². The molecule has 0 atom stereocenters. The SMILES string of the molecule is CC.CCCCCCc1cc(C2=C3C(=O)N(CCCCCC)C(c4cc(CCCCCC)c(C(C)(C)C)s4)=C3C(=O)N2CCCCCC)sc1CC. The van der Waals surface area contributed by atoms with E-state index in [9.17, 15) is 9.59 Å². The number of nitrogens with zero attached hydrogens (tertiary/aromatic N) is 2. The first kappa shape index (κ1) is 44.2. The molecule has 4 heterocycles. The third kappa shape index (κ3) is 11.0. The lowest BCUT2D eigenvalue weighted by molar-refractivity contribution is -0.124. The van der Waals surface area contributed by atoms with Gasteiger partial charge in [-0.25, -0.2) is 0 Å². The van der Waals surface area contributed by atoms with Crippen LogP contribution in [0.2, 0.25) is 0 Å². The van der Waals surface area contributed by atoms with E-state index in [0.29, 0.717) is 24.2 Å². The van der Waals surface area contributed by atoms with Gasteiger partial charge in [0.25, 0.3) is 11.8 Å². The molecule has 4 nitrogen and oxygen atoms in total. The van der Waals surface area contributed by atoms with Gasteiger partial charge in [0.15, 0.2) is 0 Å². The summed E-state index contributed by atoms with van der Waals surface area (Å²) in [7, 11) is 0. The molecule has 2 aliphatic rings. The van der Waals surface area contributed by atoms with Gasteiger partial charge in [-0.3, -0.25) is 9.59 Å². The summed E-state index contributed by atoms with van der Waals surface area (Å²) in [6, 6.07) is 4.71. The highest BCUT2D eigenvalue weighted by atomic mass is 32.1. The Labute approximate surface area is 327 Å². The number of thiophene rings is 2. The van der Waals surface area contributed by atoms with Gasteiger partial charge in [0, 0.05) is 22.8 Å². The molecule has 0 N–H and O–H groups in total. The summed E-state index contributed by atoms with van der Waals surface area (Å²) >= 11 is 3.66. The van der Waals surface area contributed by atoms with Crippen LogP contribution in [-0.2, 0) is 34.3 Å². The lowest BCUT2D eigenvalue weighted by atomic mass is 9.90. The van der Waals surface area contributed by atoms with Crippen LogP contribution in [0.3, 0.4) is 0 Å². The molecule has 0 bridgehead atoms. The molecule has 0 spiro atoms. The van der Waals surface area contributed by atoms with Gasteiger partial charge in [0.2, 0.25) is 0 Å². The third-order valence-corrected chi connectivity index (χ3v) is 13.4. The average Bonchev–Trinajstić information content (AvgIpc) is 3.88. The van der Waals surface area contributed by atoms with Crippen LogP contribution < -0.4 is 0 Å². The summed E-state index contributed by atoms with van der Waals surface area (Å²) in [6.07, 6.45) is 21.7. The minimum absolute atomic E-state index is 0.00131. The van der Waals surface area contributed by atoms with Crippen molar-refractivity contribution < 1.29 is 9.59 Å². The molecule has 0 saturated heterocycles. The third-order valence-electron chi connectivity index (χ3n) is 10.4. The molecular weight excluding hydrogens is 677 g/mol. The molecule has 2 aliphatic heterocycles. The predicted molar refractivity (Wildman–Crippen MR) is 229 cm³/mol. The first-order chi connectivity index (χ1) is 25.1. The zero-order valence-electron chi connectivity index (χ0n) is 35.0. The summed E-state index contributed by atoms with van der Waals surface area (Å²) in [5, 5.41) is 0. The van der Waals surface area contributed by atoms with Crippen molar-refractivity contribution in [1.29, 1.82) is 0 Å². The van der Waals surface area contributed by atoms with Gasteiger partial charge >= 0.3 is 0 Å². The number of rotatable bonds is 23. The predicted octanol–water partition coefficient (Wildman–Crippen LogP) is 13.9. The van der Waals surface area contributed by atoms with Crippen molar-refractivity contribution in [2.45, 2.75) is 197 Å². The Kier molecular flexibility index (Phi) is 18.9. The van der Waals surface area contributed by atoms with Gasteiger partial charge < -0.3 is 9.80 Å². The zero-order chi connectivity index (χ0) is 38.3. The molecule has 6 heteroatoms. The first-order valence-electron chi connectivity index (χ1n) is 21.5. The Bertz CT molecular complexity index is 1480. The molecular formula is C46H74N2O2S2. The van der Waals surface area contributed by atoms with Crippen LogP contribution in [0, 0.1) is 0 Å². The summed E-state index contributed by atoms with van der Waals surface area (Å²) in [5.41, 5.74) is 5.94. The van der Waals surface area contributed by atoms with Crippen molar-refractivity contribution in [2.75, 3.05) is 13.1 Å². The van der Waals surface area contributed by atoms with E-state index in [1.165, 1.54) is 78.7 Å². The second kappa shape index (κ2) is 22.3. The maximum atomic E-state index is 14.9. The van der Waals surface area contributed by atoms with E-state index in [1.54, 1.807) is 0 Å². The maximum Gasteiger partial charge on any atom is 0.261 e. The Balaban J connectivity index is 0.00000358. The van der Waals surface area contributed by atoms with Gasteiger partial charge in [-0.1, -0.05) is 146 Å². The van der Waals surface area contributed by atoms with Crippen molar-refractivity contribution in [2.24, 2.45) is 0 Å². The number of hydrogen-bond acceptors (Lipinski definition) is 4. The number of hydrogen-bond donors (Lipinski definition) is 0. The molecule has 292 valence electrons. The molecule has 2 aromatic rings. The number of carbonyl (C=O) groups excluding carboxylic acids is 2. The number of fused-ring (bicyclic) bond motifs is 1. The highest BCUT2D eigenvalue weighted by Gasteiger charge is 2.49. The Morgan fingerprint density at radius 1 is 0.538 bits per heavy atom. The van der Waals surface area contributed by atoms with Crippen LogP contribution in [0.1, 0.15) is 203 Å². The standard InChI is InChI=1S/C44H68N2O2S2.C2H6/c1-9-14-18-22-26-32-30-35(49-34(32)13-5)39-37-38(43(48)45(39)28-24-20-16-11-3)40(46(42(37)47)29-25-21-17-12-4)36-31-33(27-23-19-15-10-2)41(50-36)44(6,7)8;1-2/h30-31H,9-29H2,1-8H3;1-2H3. The van der Waals surface area contributed by atoms with Crippen LogP contribution in [0.25, 0.3) is 11.4 Å². The monoisotopic (exact) mass is 751 g/mol. The van der Waals surface area contributed by atoms with Crippen LogP contribution in [0.4, 0.5) is 0 Å².